The first-order valence-corrected chi connectivity index (χ1v) is 47.7. The van der Waals surface area contributed by atoms with Crippen molar-refractivity contribution in [3.8, 4) is 0 Å². The van der Waals surface area contributed by atoms with E-state index in [0.717, 1.165) is 121 Å². The molecule has 8 atom stereocenters. The molecule has 10 heterocycles. The molecule has 11 fully saturated rings. The predicted molar refractivity (Wildman–Crippen MR) is 491 cm³/mol. The quantitative estimate of drug-likeness (QED) is 0.191. The van der Waals surface area contributed by atoms with Gasteiger partial charge in [0.15, 0.2) is 0 Å². The largest absolute Gasteiger partial charge is 0.373 e. The summed E-state index contributed by atoms with van der Waals surface area (Å²) in [4.78, 5) is 38.6. The lowest BCUT2D eigenvalue weighted by atomic mass is 9.87. The Hall–Kier alpha value is -1.39. The standard InChI is InChI=1S/C10H22N2.5C9H19N.C9H17N.C9H19N.C9H18.C8H17N.C7H14N2O/c1-9(2)11-5-7-12(8-6-11)10(3)4;1-8(2)10-6-5-9(3,4)7-10;3*1-8(2)10-6-4-5-9(3)7-10;2*1-8(2)10-7-5-4-6-9(10)3;1-4-9-6-5-7-10(9)8(2)3;2*1-7(2)9-6-4-5-8(9)3;1-6(2)9-4-3-8-7(10)5-9/h9-10H,5-8H2,1-4H3;8H,5-7H2,1-4H3;4*8-9H,4-7H2,1-3H3;8H,3-7H2,1-2H3;8-9H,4-7H2,1-3H3;7-9H,4-6H2,1-3H3;7-8H,4-6H2,1-3H3;6H,3-5H2,1-2H3,(H,8,10). The number of piperidine rings is 5. The van der Waals surface area contributed by atoms with Gasteiger partial charge in [0, 0.05) is 162 Å². The summed E-state index contributed by atoms with van der Waals surface area (Å²) < 4.78 is 0. The maximum atomic E-state index is 10.8. The van der Waals surface area contributed by atoms with Crippen LogP contribution in [-0.4, -0.2) is 269 Å². The summed E-state index contributed by atoms with van der Waals surface area (Å²) in [6, 6.07) is 10.4. The van der Waals surface area contributed by atoms with E-state index in [0.29, 0.717) is 24.0 Å². The average Bonchev–Trinajstić information content (AvgIpc) is 1.82. The number of hydrogen-bond donors (Lipinski definition) is 1. The Labute approximate surface area is 691 Å². The fourth-order valence-electron chi connectivity index (χ4n) is 18.8. The molecule has 0 aromatic rings. The number of amides is 1. The van der Waals surface area contributed by atoms with E-state index in [2.05, 4.69) is 294 Å². The third kappa shape index (κ3) is 45.5. The number of hydrogen-bond acceptors (Lipinski definition) is 12. The van der Waals surface area contributed by atoms with Gasteiger partial charge in [0.05, 0.1) is 6.54 Å². The first-order chi connectivity index (χ1) is 51.5. The molecule has 110 heavy (non-hydrogen) atoms. The Kier molecular flexibility index (Phi) is 56.7. The lowest BCUT2D eigenvalue weighted by molar-refractivity contribution is -0.124. The smallest absolute Gasteiger partial charge is 0.234 e. The summed E-state index contributed by atoms with van der Waals surface area (Å²) in [5.74, 6) is 5.89. The highest BCUT2D eigenvalue weighted by molar-refractivity contribution is 5.78. The zero-order valence-electron chi connectivity index (χ0n) is 80.9. The molecule has 13 heteroatoms. The van der Waals surface area contributed by atoms with Gasteiger partial charge >= 0.3 is 0 Å². The van der Waals surface area contributed by atoms with Gasteiger partial charge in [-0.1, -0.05) is 88.2 Å². The summed E-state index contributed by atoms with van der Waals surface area (Å²) >= 11 is 0. The summed E-state index contributed by atoms with van der Waals surface area (Å²) in [7, 11) is 0. The maximum absolute atomic E-state index is 10.8. The van der Waals surface area contributed by atoms with Crippen molar-refractivity contribution in [3.05, 3.63) is 12.3 Å². The van der Waals surface area contributed by atoms with Crippen LogP contribution in [0.4, 0.5) is 0 Å². The molecule has 0 radical (unpaired) electrons. The van der Waals surface area contributed by atoms with Crippen molar-refractivity contribution in [2.75, 3.05) is 124 Å². The van der Waals surface area contributed by atoms with Crippen LogP contribution in [-0.2, 0) is 4.79 Å². The van der Waals surface area contributed by atoms with E-state index < -0.39 is 0 Å². The number of nitrogens with zero attached hydrogens (tertiary/aromatic N) is 11. The molecule has 10 saturated heterocycles. The van der Waals surface area contributed by atoms with Gasteiger partial charge in [-0.25, -0.2) is 0 Å². The van der Waals surface area contributed by atoms with Crippen LogP contribution in [0, 0.1) is 40.9 Å². The Balaban J connectivity index is 0.000000605. The van der Waals surface area contributed by atoms with Crippen molar-refractivity contribution in [3.63, 3.8) is 0 Å². The molecule has 13 nitrogen and oxygen atoms in total. The topological polar surface area (TPSA) is 64.7 Å². The molecule has 10 aliphatic heterocycles. The average molecular weight is 1550 g/mol. The Morgan fingerprint density at radius 3 is 1.01 bits per heavy atom. The predicted octanol–water partition coefficient (Wildman–Crippen LogP) is 21.6. The van der Waals surface area contributed by atoms with Gasteiger partial charge in [0.2, 0.25) is 5.91 Å². The fourth-order valence-corrected chi connectivity index (χ4v) is 18.8. The molecular weight excluding hydrogens is 1350 g/mol. The zero-order chi connectivity index (χ0) is 83.5. The summed E-state index contributed by atoms with van der Waals surface area (Å²) in [5, 5.41) is 2.79. The number of nitrogens with one attached hydrogen (secondary N) is 1. The number of carbonyl (C=O) groups is 1. The molecule has 0 aromatic heterocycles. The molecule has 11 rings (SSSR count). The third-order valence-corrected chi connectivity index (χ3v) is 26.6. The Morgan fingerprint density at radius 1 is 0.373 bits per heavy atom. The van der Waals surface area contributed by atoms with Crippen molar-refractivity contribution < 1.29 is 4.79 Å². The molecule has 1 N–H and O–H groups in total. The second kappa shape index (κ2) is 58.5. The van der Waals surface area contributed by atoms with Crippen molar-refractivity contribution in [2.24, 2.45) is 40.9 Å². The fraction of sp³-hybridized carbons (Fsp3) is 0.969. The van der Waals surface area contributed by atoms with Gasteiger partial charge in [0.1, 0.15) is 0 Å². The molecule has 0 bridgehead atoms. The van der Waals surface area contributed by atoms with Gasteiger partial charge in [-0.2, -0.15) is 0 Å². The van der Waals surface area contributed by atoms with E-state index in [-0.39, 0.29) is 5.91 Å². The zero-order valence-corrected chi connectivity index (χ0v) is 80.9. The van der Waals surface area contributed by atoms with Crippen molar-refractivity contribution in [1.29, 1.82) is 0 Å². The normalized spacial score (nSPS) is 27.3. The number of rotatable bonds is 13. The van der Waals surface area contributed by atoms with Crippen LogP contribution in [0.5, 0.6) is 0 Å². The lowest BCUT2D eigenvalue weighted by Gasteiger charge is -2.38. The third-order valence-electron chi connectivity index (χ3n) is 26.6. The van der Waals surface area contributed by atoms with Crippen LogP contribution in [0.3, 0.4) is 0 Å². The monoisotopic (exact) mass is 1550 g/mol. The van der Waals surface area contributed by atoms with Crippen LogP contribution in [0.25, 0.3) is 0 Å². The Bertz CT molecular complexity index is 2100. The highest BCUT2D eigenvalue weighted by atomic mass is 16.2. The van der Waals surface area contributed by atoms with E-state index >= 15 is 0 Å². The van der Waals surface area contributed by atoms with Gasteiger partial charge in [-0.3, -0.25) is 34.2 Å². The number of likely N-dealkylation sites (tertiary alicyclic amines) is 8. The second-order valence-electron chi connectivity index (χ2n) is 40.8. The minimum Gasteiger partial charge on any atom is -0.373 e. The summed E-state index contributed by atoms with van der Waals surface area (Å²) in [6.45, 7) is 103. The Morgan fingerprint density at radius 2 is 0.764 bits per heavy atom. The highest BCUT2D eigenvalue weighted by Crippen LogP contribution is 2.36. The first-order valence-electron chi connectivity index (χ1n) is 47.7. The van der Waals surface area contributed by atoms with Crippen LogP contribution in [0.2, 0.25) is 0 Å². The van der Waals surface area contributed by atoms with Crippen molar-refractivity contribution >= 4 is 5.91 Å². The molecule has 0 aromatic carbocycles. The highest BCUT2D eigenvalue weighted by Gasteiger charge is 2.31. The molecule has 0 spiro atoms. The summed E-state index contributed by atoms with van der Waals surface area (Å²) in [5.41, 5.74) is 1.91. The van der Waals surface area contributed by atoms with Crippen molar-refractivity contribution in [1.82, 2.24) is 59.2 Å². The molecule has 1 saturated carbocycles. The van der Waals surface area contributed by atoms with Gasteiger partial charge in [-0.15, -0.1) is 0 Å². The van der Waals surface area contributed by atoms with Crippen LogP contribution in [0.15, 0.2) is 12.3 Å². The molecule has 11 aliphatic rings. The van der Waals surface area contributed by atoms with Gasteiger partial charge in [0.25, 0.3) is 0 Å². The van der Waals surface area contributed by atoms with E-state index in [1.54, 1.807) is 0 Å². The molecule has 8 unspecified atom stereocenters. The first kappa shape index (κ1) is 107. The number of piperazine rings is 2. The molecular formula is C97H202N12O. The summed E-state index contributed by atoms with van der Waals surface area (Å²) in [6.07, 6.45) is 29.4. The van der Waals surface area contributed by atoms with E-state index in [9.17, 15) is 4.79 Å². The van der Waals surface area contributed by atoms with Crippen LogP contribution in [0.1, 0.15) is 363 Å². The van der Waals surface area contributed by atoms with Crippen molar-refractivity contribution in [2.45, 2.75) is 448 Å². The van der Waals surface area contributed by atoms with Crippen LogP contribution >= 0.6 is 0 Å². The van der Waals surface area contributed by atoms with E-state index in [1.807, 2.05) is 0 Å². The van der Waals surface area contributed by atoms with Gasteiger partial charge < -0.3 is 29.8 Å². The lowest BCUT2D eigenvalue weighted by Crippen LogP contribution is -2.50. The second-order valence-corrected chi connectivity index (χ2v) is 40.8. The van der Waals surface area contributed by atoms with E-state index in [4.69, 9.17) is 0 Å². The number of carbonyl (C=O) groups excluding carboxylic acids is 1. The molecule has 1 amide bonds. The molecule has 656 valence electrons. The number of allylic oxidation sites excluding steroid dienone is 1. The SMILES string of the molecule is C=C1CCCCN1C(C)C.CC(C)C1CCCC1C.CC(C)N1CCC(C)(C)C1.CC(C)N1CCCC1C.CC(C)N1CCCCC1C.CC(C)N1CCN(C(C)C)CC1.CC(C)N1CCNC(=O)C1.CC1CCCN(C(C)C)C1.CC1CCCN(C(C)C)C1.CC1CCCN(C(C)C)C1.CCC1CCCN1C(C)C. The molecule has 1 aliphatic carbocycles. The van der Waals surface area contributed by atoms with E-state index in [1.165, 1.54) is 245 Å². The maximum Gasteiger partial charge on any atom is 0.234 e. The van der Waals surface area contributed by atoms with Crippen LogP contribution < -0.4 is 5.32 Å². The minimum absolute atomic E-state index is 0.153. The van der Waals surface area contributed by atoms with Gasteiger partial charge in [-0.05, 0) is 368 Å². The minimum atomic E-state index is 0.153.